The van der Waals surface area contributed by atoms with Crippen molar-refractivity contribution in [3.8, 4) is 0 Å². The zero-order valence-electron chi connectivity index (χ0n) is 12.3. The lowest BCUT2D eigenvalue weighted by Crippen LogP contribution is -2.29. The van der Waals surface area contributed by atoms with Crippen molar-refractivity contribution in [2.24, 2.45) is 0 Å². The lowest BCUT2D eigenvalue weighted by molar-refractivity contribution is 0.0659. The largest absolute Gasteiger partial charge is 0.468 e. The van der Waals surface area contributed by atoms with Crippen LogP contribution in [0.2, 0.25) is 0 Å². The molecule has 0 radical (unpaired) electrons. The average Bonchev–Trinajstić information content (AvgIpc) is 2.69. The molecule has 1 saturated heterocycles. The third kappa shape index (κ3) is 4.97. The summed E-state index contributed by atoms with van der Waals surface area (Å²) in [7, 11) is 0. The summed E-state index contributed by atoms with van der Waals surface area (Å²) in [6.45, 7) is 11.2. The van der Waals surface area contributed by atoms with Crippen LogP contribution in [0.5, 0.6) is 0 Å². The monoisotopic (exact) mass is 266 g/mol. The molecule has 0 saturated carbocycles. The van der Waals surface area contributed by atoms with Crippen molar-refractivity contribution in [1.82, 2.24) is 10.2 Å². The lowest BCUT2D eigenvalue weighted by atomic mass is 10.2. The van der Waals surface area contributed by atoms with Crippen LogP contribution < -0.4 is 5.32 Å². The van der Waals surface area contributed by atoms with Gasteiger partial charge in [-0.15, -0.1) is 0 Å². The number of rotatable bonds is 5. The van der Waals surface area contributed by atoms with Crippen molar-refractivity contribution in [2.45, 2.75) is 52.4 Å². The van der Waals surface area contributed by atoms with Gasteiger partial charge in [0.2, 0.25) is 0 Å². The van der Waals surface area contributed by atoms with Crippen LogP contribution in [0.4, 0.5) is 0 Å². The Morgan fingerprint density at radius 2 is 2.32 bits per heavy atom. The normalized spacial score (nSPS) is 21.8. The van der Waals surface area contributed by atoms with Crippen LogP contribution >= 0.6 is 0 Å². The van der Waals surface area contributed by atoms with E-state index < -0.39 is 0 Å². The second-order valence-corrected chi connectivity index (χ2v) is 5.73. The van der Waals surface area contributed by atoms with Gasteiger partial charge in [-0.2, -0.15) is 0 Å². The van der Waals surface area contributed by atoms with Crippen molar-refractivity contribution < 1.29 is 9.15 Å². The molecule has 1 N–H and O–H groups in total. The summed E-state index contributed by atoms with van der Waals surface area (Å²) in [4.78, 5) is 2.41. The van der Waals surface area contributed by atoms with E-state index in [-0.39, 0.29) is 0 Å². The van der Waals surface area contributed by atoms with E-state index in [1.165, 1.54) is 5.56 Å². The van der Waals surface area contributed by atoms with Gasteiger partial charge in [0.1, 0.15) is 5.76 Å². The van der Waals surface area contributed by atoms with Gasteiger partial charge in [0.25, 0.3) is 0 Å². The molecule has 0 spiro atoms. The molecule has 1 atom stereocenters. The average molecular weight is 266 g/mol. The summed E-state index contributed by atoms with van der Waals surface area (Å²) in [5.41, 5.74) is 1.22. The predicted molar refractivity (Wildman–Crippen MR) is 76.0 cm³/mol. The fourth-order valence-electron chi connectivity index (χ4n) is 2.37. The lowest BCUT2D eigenvalue weighted by Gasteiger charge is -2.20. The number of hydrogen-bond acceptors (Lipinski definition) is 4. The van der Waals surface area contributed by atoms with Crippen LogP contribution in [-0.4, -0.2) is 36.7 Å². The molecule has 1 aliphatic rings. The highest BCUT2D eigenvalue weighted by Crippen LogP contribution is 2.13. The molecule has 0 amide bonds. The summed E-state index contributed by atoms with van der Waals surface area (Å²) >= 11 is 0. The highest BCUT2D eigenvalue weighted by Gasteiger charge is 2.16. The summed E-state index contributed by atoms with van der Waals surface area (Å²) in [5, 5.41) is 3.40. The number of hydrogen-bond donors (Lipinski definition) is 1. The SMILES string of the molecule is CC(C)NCc1coc(CN2CCCOC(C)C2)c1. The van der Waals surface area contributed by atoms with Gasteiger partial charge in [-0.05, 0) is 19.4 Å². The van der Waals surface area contributed by atoms with E-state index in [4.69, 9.17) is 9.15 Å². The third-order valence-corrected chi connectivity index (χ3v) is 3.34. The highest BCUT2D eigenvalue weighted by atomic mass is 16.5. The molecule has 4 nitrogen and oxygen atoms in total. The van der Waals surface area contributed by atoms with E-state index in [1.54, 1.807) is 0 Å². The van der Waals surface area contributed by atoms with E-state index in [0.717, 1.165) is 45.0 Å². The topological polar surface area (TPSA) is 37.6 Å². The summed E-state index contributed by atoms with van der Waals surface area (Å²) < 4.78 is 11.3. The molecule has 2 heterocycles. The Labute approximate surface area is 116 Å². The fraction of sp³-hybridized carbons (Fsp3) is 0.733. The molecule has 1 aromatic rings. The van der Waals surface area contributed by atoms with Gasteiger partial charge in [0, 0.05) is 37.8 Å². The van der Waals surface area contributed by atoms with Crippen LogP contribution in [-0.2, 0) is 17.8 Å². The quantitative estimate of drug-likeness (QED) is 0.888. The molecule has 1 unspecified atom stereocenters. The number of nitrogens with one attached hydrogen (secondary N) is 1. The molecule has 1 fully saturated rings. The standard InChI is InChI=1S/C15H26N2O2/c1-12(2)16-8-14-7-15(19-11-14)10-17-5-4-6-18-13(3)9-17/h7,11-13,16H,4-6,8-10H2,1-3H3. The zero-order valence-corrected chi connectivity index (χ0v) is 12.3. The molecule has 0 aromatic carbocycles. The number of furan rings is 1. The van der Waals surface area contributed by atoms with E-state index in [1.807, 2.05) is 6.26 Å². The van der Waals surface area contributed by atoms with Crippen molar-refractivity contribution in [3.63, 3.8) is 0 Å². The first-order valence-corrected chi connectivity index (χ1v) is 7.27. The Morgan fingerprint density at radius 1 is 1.47 bits per heavy atom. The molecule has 19 heavy (non-hydrogen) atoms. The first-order valence-electron chi connectivity index (χ1n) is 7.27. The van der Waals surface area contributed by atoms with Gasteiger partial charge in [-0.25, -0.2) is 0 Å². The predicted octanol–water partition coefficient (Wildman–Crippen LogP) is 2.39. The molecule has 4 heteroatoms. The minimum atomic E-state index is 0.319. The van der Waals surface area contributed by atoms with Crippen molar-refractivity contribution in [3.05, 3.63) is 23.7 Å². The van der Waals surface area contributed by atoms with E-state index >= 15 is 0 Å². The van der Waals surface area contributed by atoms with Crippen LogP contribution in [0, 0.1) is 0 Å². The molecule has 2 rings (SSSR count). The van der Waals surface area contributed by atoms with Gasteiger partial charge in [0.05, 0.1) is 18.9 Å². The minimum Gasteiger partial charge on any atom is -0.468 e. The van der Waals surface area contributed by atoms with Crippen LogP contribution in [0.15, 0.2) is 16.7 Å². The fourth-order valence-corrected chi connectivity index (χ4v) is 2.37. The van der Waals surface area contributed by atoms with Crippen molar-refractivity contribution >= 4 is 0 Å². The second-order valence-electron chi connectivity index (χ2n) is 5.73. The molecule has 108 valence electrons. The maximum atomic E-state index is 5.66. The van der Waals surface area contributed by atoms with Gasteiger partial charge in [0.15, 0.2) is 0 Å². The molecular weight excluding hydrogens is 240 g/mol. The minimum absolute atomic E-state index is 0.319. The van der Waals surface area contributed by atoms with Gasteiger partial charge < -0.3 is 14.5 Å². The third-order valence-electron chi connectivity index (χ3n) is 3.34. The van der Waals surface area contributed by atoms with Crippen molar-refractivity contribution in [1.29, 1.82) is 0 Å². The van der Waals surface area contributed by atoms with Crippen LogP contribution in [0.25, 0.3) is 0 Å². The number of nitrogens with zero attached hydrogens (tertiary/aromatic N) is 1. The van der Waals surface area contributed by atoms with E-state index in [9.17, 15) is 0 Å². The molecular formula is C15H26N2O2. The molecule has 1 aliphatic heterocycles. The van der Waals surface area contributed by atoms with E-state index in [2.05, 4.69) is 37.1 Å². The molecule has 1 aromatic heterocycles. The van der Waals surface area contributed by atoms with Crippen molar-refractivity contribution in [2.75, 3.05) is 19.7 Å². The highest BCUT2D eigenvalue weighted by molar-refractivity contribution is 5.12. The van der Waals surface area contributed by atoms with Gasteiger partial charge >= 0.3 is 0 Å². The smallest absolute Gasteiger partial charge is 0.118 e. The maximum Gasteiger partial charge on any atom is 0.118 e. The first kappa shape index (κ1) is 14.6. The summed E-state index contributed by atoms with van der Waals surface area (Å²) in [6, 6.07) is 2.66. The molecule has 0 aliphatic carbocycles. The molecule has 0 bridgehead atoms. The second kappa shape index (κ2) is 7.08. The first-order chi connectivity index (χ1) is 9.13. The van der Waals surface area contributed by atoms with Gasteiger partial charge in [-0.3, -0.25) is 4.90 Å². The Bertz CT molecular complexity index is 376. The maximum absolute atomic E-state index is 5.66. The van der Waals surface area contributed by atoms with E-state index in [0.29, 0.717) is 12.1 Å². The summed E-state index contributed by atoms with van der Waals surface area (Å²) in [5.74, 6) is 1.05. The Hall–Kier alpha value is -0.840. The Kier molecular flexibility index (Phi) is 5.43. The Balaban J connectivity index is 1.84. The van der Waals surface area contributed by atoms with Gasteiger partial charge in [-0.1, -0.05) is 13.8 Å². The number of ether oxygens (including phenoxy) is 1. The summed E-state index contributed by atoms with van der Waals surface area (Å²) in [6.07, 6.45) is 3.29. The zero-order chi connectivity index (χ0) is 13.7. The van der Waals surface area contributed by atoms with Crippen LogP contribution in [0.1, 0.15) is 38.5 Å². The Morgan fingerprint density at radius 3 is 3.11 bits per heavy atom. The van der Waals surface area contributed by atoms with Crippen LogP contribution in [0.3, 0.4) is 0 Å².